The largest absolute Gasteiger partial charge is 0.507 e. The van der Waals surface area contributed by atoms with Crippen LogP contribution in [0.15, 0.2) is 102 Å². The van der Waals surface area contributed by atoms with Crippen LogP contribution in [0.1, 0.15) is 230 Å². The molecule has 12 bridgehead atoms. The molecule has 0 aromatic heterocycles. The van der Waals surface area contributed by atoms with Gasteiger partial charge in [0.1, 0.15) is 41.1 Å². The molecule has 0 unspecified atom stereocenters. The summed E-state index contributed by atoms with van der Waals surface area (Å²) in [6.45, 7) is 39.5. The van der Waals surface area contributed by atoms with Crippen molar-refractivity contribution in [3.05, 3.63) is 207 Å². The Morgan fingerprint density at radius 1 is 0.300 bits per heavy atom. The normalized spacial score (nSPS) is 13.9. The molecule has 0 amide bonds. The lowest BCUT2D eigenvalue weighted by Gasteiger charge is -2.27. The Morgan fingerprint density at radius 3 is 0.662 bits per heavy atom. The number of rotatable bonds is 3. The van der Waals surface area contributed by atoms with Crippen LogP contribution in [-0.2, 0) is 77.6 Å². The molecule has 6 nitrogen and oxygen atoms in total. The molecule has 424 valence electrons. The summed E-state index contributed by atoms with van der Waals surface area (Å²) in [6.07, 6.45) is 1.66. The van der Waals surface area contributed by atoms with Crippen LogP contribution in [0.4, 0.5) is 0 Å². The zero-order chi connectivity index (χ0) is 59.0. The van der Waals surface area contributed by atoms with E-state index in [4.69, 9.17) is 4.74 Å². The zero-order valence-corrected chi connectivity index (χ0v) is 52.8. The molecule has 1 aliphatic rings. The summed E-state index contributed by atoms with van der Waals surface area (Å²) in [4.78, 5) is 0. The number of phenols is 5. The molecule has 0 saturated carbocycles. The first-order valence-corrected chi connectivity index (χ1v) is 29.4. The number of phenolic OH excluding ortho intramolecular Hbond substituents is 5. The first kappa shape index (κ1) is 59.9. The van der Waals surface area contributed by atoms with Gasteiger partial charge in [0, 0.05) is 43.0 Å². The van der Waals surface area contributed by atoms with Crippen molar-refractivity contribution < 1.29 is 30.3 Å². The minimum Gasteiger partial charge on any atom is -0.507 e. The molecule has 0 spiro atoms. The molecule has 7 heteroatoms. The second-order valence-corrected chi connectivity index (χ2v) is 30.2. The minimum absolute atomic E-state index is 0.120. The van der Waals surface area contributed by atoms with E-state index >= 15 is 0 Å². The molecule has 0 aliphatic heterocycles. The van der Waals surface area contributed by atoms with Crippen molar-refractivity contribution in [2.75, 3.05) is 0 Å². The fourth-order valence-corrected chi connectivity index (χ4v) is 11.2. The lowest BCUT2D eigenvalue weighted by Crippen LogP contribution is -2.16. The van der Waals surface area contributed by atoms with Crippen molar-refractivity contribution in [1.29, 1.82) is 0 Å². The van der Waals surface area contributed by atoms with Crippen molar-refractivity contribution in [3.8, 4) is 34.5 Å². The quantitative estimate of drug-likeness (QED) is 0.121. The van der Waals surface area contributed by atoms with Gasteiger partial charge in [-0.1, -0.05) is 225 Å². The lowest BCUT2D eigenvalue weighted by atomic mass is 9.79. The first-order chi connectivity index (χ1) is 36.8. The highest BCUT2D eigenvalue weighted by Crippen LogP contribution is 2.45. The highest BCUT2D eigenvalue weighted by atomic mass is 79.9. The monoisotopic (exact) mass is 1140 g/mol. The summed E-state index contributed by atoms with van der Waals surface area (Å²) in [5.41, 5.74) is 14.2. The number of hydrogen-bond acceptors (Lipinski definition) is 6. The SMILES string of the molecule is CC(C)(C)c1cc2c(O)c(c1)Cc1cc(C(C)(C)C)cc(c1O)Cc1cc(C(C)(C)C)cc(c1O)Cc1cc(C(C)(C)C)cc(c1OCc1ccc(Br)cc1)Cc1cc(C(C)(C)C)cc(c1O)Cc1cc(C(C)(C)C)cc(c1O)C2. The van der Waals surface area contributed by atoms with Gasteiger partial charge in [-0.05, 0) is 150 Å². The van der Waals surface area contributed by atoms with E-state index in [-0.39, 0.29) is 93.5 Å². The number of aromatic hydroxyl groups is 5. The van der Waals surface area contributed by atoms with E-state index < -0.39 is 0 Å². The van der Waals surface area contributed by atoms with Gasteiger partial charge in [0.05, 0.1) is 0 Å². The van der Waals surface area contributed by atoms with E-state index in [0.717, 1.165) is 65.7 Å². The molecule has 80 heavy (non-hydrogen) atoms. The molecule has 7 aromatic rings. The Labute approximate surface area is 487 Å². The van der Waals surface area contributed by atoms with Gasteiger partial charge in [-0.25, -0.2) is 0 Å². The van der Waals surface area contributed by atoms with Gasteiger partial charge in [-0.2, -0.15) is 0 Å². The molecule has 7 aromatic carbocycles. The van der Waals surface area contributed by atoms with E-state index in [9.17, 15) is 25.5 Å². The van der Waals surface area contributed by atoms with Crippen molar-refractivity contribution in [1.82, 2.24) is 0 Å². The van der Waals surface area contributed by atoms with Gasteiger partial charge in [-0.15, -0.1) is 0 Å². The van der Waals surface area contributed by atoms with Crippen LogP contribution in [0.2, 0.25) is 0 Å². The number of fused-ring (bicyclic) bond motifs is 12. The lowest BCUT2D eigenvalue weighted by molar-refractivity contribution is 0.300. The van der Waals surface area contributed by atoms with Crippen molar-refractivity contribution in [2.45, 2.75) is 202 Å². The van der Waals surface area contributed by atoms with Crippen LogP contribution in [-0.4, -0.2) is 25.5 Å². The van der Waals surface area contributed by atoms with Crippen LogP contribution < -0.4 is 4.74 Å². The number of hydrogen-bond donors (Lipinski definition) is 5. The van der Waals surface area contributed by atoms with Gasteiger partial charge >= 0.3 is 0 Å². The number of benzene rings is 7. The standard InChI is InChI=1S/C73H89BrO6/c1-68(2,3)55-29-43-23-45-31-56(69(4,5)6)33-47(63(45)76)25-49-35-58(71(10,11)12)37-51(65(49)78)27-53-39-60(73(16,17)18)40-54(67(53)80-41-42-19-21-61(74)22-20-42)28-52-38-59(72(13,14)15)36-50(66(52)79)26-48-34-57(70(7,8)9)32-46(64(48)77)24-44(30-55)62(43)75/h19-22,29-40,75-79H,23-28,41H2,1-18H3. The van der Waals surface area contributed by atoms with Crippen molar-refractivity contribution >= 4 is 15.9 Å². The third-order valence-electron chi connectivity index (χ3n) is 16.4. The molecule has 0 fully saturated rings. The zero-order valence-electron chi connectivity index (χ0n) is 51.2. The summed E-state index contributed by atoms with van der Waals surface area (Å²) < 4.78 is 8.09. The van der Waals surface area contributed by atoms with Crippen LogP contribution in [0, 0.1) is 0 Å². The highest BCUT2D eigenvalue weighted by Gasteiger charge is 2.30. The van der Waals surface area contributed by atoms with Gasteiger partial charge in [0.2, 0.25) is 0 Å². The molecule has 1 aliphatic carbocycles. The van der Waals surface area contributed by atoms with E-state index in [1.807, 2.05) is 12.1 Å². The summed E-state index contributed by atoms with van der Waals surface area (Å²) in [6, 6.07) is 33.5. The van der Waals surface area contributed by atoms with Crippen LogP contribution in [0.25, 0.3) is 0 Å². The van der Waals surface area contributed by atoms with Gasteiger partial charge in [-0.3, -0.25) is 0 Å². The maximum absolute atomic E-state index is 12.8. The second-order valence-electron chi connectivity index (χ2n) is 29.3. The van der Waals surface area contributed by atoms with E-state index in [1.54, 1.807) is 0 Å². The smallest absolute Gasteiger partial charge is 0.126 e. The summed E-state index contributed by atoms with van der Waals surface area (Å²) in [5, 5.41) is 63.6. The minimum atomic E-state index is -0.304. The predicted molar refractivity (Wildman–Crippen MR) is 334 cm³/mol. The van der Waals surface area contributed by atoms with Crippen LogP contribution in [0.3, 0.4) is 0 Å². The third kappa shape index (κ3) is 13.3. The second kappa shape index (κ2) is 21.6. The van der Waals surface area contributed by atoms with E-state index in [2.05, 4.69) is 225 Å². The molecule has 0 atom stereocenters. The molecule has 0 heterocycles. The molecular formula is C73H89BrO6. The average molecular weight is 1140 g/mol. The fourth-order valence-electron chi connectivity index (χ4n) is 10.9. The van der Waals surface area contributed by atoms with Gasteiger partial charge in [0.15, 0.2) is 0 Å². The Kier molecular flexibility index (Phi) is 16.2. The summed E-state index contributed by atoms with van der Waals surface area (Å²) in [5.74, 6) is 1.40. The van der Waals surface area contributed by atoms with Gasteiger partial charge < -0.3 is 30.3 Å². The Morgan fingerprint density at radius 2 is 0.475 bits per heavy atom. The topological polar surface area (TPSA) is 110 Å². The van der Waals surface area contributed by atoms with Gasteiger partial charge in [0.25, 0.3) is 0 Å². The fraction of sp³-hybridized carbons (Fsp3) is 0.425. The maximum Gasteiger partial charge on any atom is 0.126 e. The Hall–Kier alpha value is -6.18. The first-order valence-electron chi connectivity index (χ1n) is 28.6. The number of halogens is 1. The maximum atomic E-state index is 12.8. The summed E-state index contributed by atoms with van der Waals surface area (Å²) in [7, 11) is 0. The molecule has 8 rings (SSSR count). The average Bonchev–Trinajstić information content (AvgIpc) is 3.42. The highest BCUT2D eigenvalue weighted by molar-refractivity contribution is 9.10. The van der Waals surface area contributed by atoms with Crippen LogP contribution in [0.5, 0.6) is 34.5 Å². The Bertz CT molecular complexity index is 3290. The molecule has 0 radical (unpaired) electrons. The van der Waals surface area contributed by atoms with Crippen molar-refractivity contribution in [2.24, 2.45) is 0 Å². The van der Waals surface area contributed by atoms with E-state index in [0.29, 0.717) is 63.1 Å². The summed E-state index contributed by atoms with van der Waals surface area (Å²) >= 11 is 3.61. The van der Waals surface area contributed by atoms with Crippen molar-refractivity contribution in [3.63, 3.8) is 0 Å². The van der Waals surface area contributed by atoms with E-state index in [1.165, 1.54) is 0 Å². The van der Waals surface area contributed by atoms with Crippen LogP contribution >= 0.6 is 15.9 Å². The third-order valence-corrected chi connectivity index (χ3v) is 16.9. The molecule has 5 N–H and O–H groups in total. The Balaban J connectivity index is 1.47. The predicted octanol–water partition coefficient (Wildman–Crippen LogP) is 18.2. The molecule has 0 saturated heterocycles. The number of ether oxygens (including phenoxy) is 1. The molecular weight excluding hydrogens is 1050 g/mol.